The second kappa shape index (κ2) is 9.40. The monoisotopic (exact) mass is 480 g/mol. The Hall–Kier alpha value is -4.12. The van der Waals surface area contributed by atoms with Crippen LogP contribution in [0.4, 0.5) is 10.8 Å². The molecule has 0 bridgehead atoms. The Bertz CT molecular complexity index is 1290. The molecule has 0 aliphatic carbocycles. The van der Waals surface area contributed by atoms with E-state index in [1.54, 1.807) is 5.38 Å². The largest absolute Gasteiger partial charge is 0.494 e. The lowest BCUT2D eigenvalue weighted by atomic mass is 10.1. The first kappa shape index (κ1) is 23.1. The van der Waals surface area contributed by atoms with Crippen molar-refractivity contribution in [2.75, 3.05) is 11.9 Å². The number of anilines is 1. The fourth-order valence-corrected chi connectivity index (χ4v) is 4.24. The average Bonchev–Trinajstić information content (AvgIpc) is 3.40. The zero-order chi connectivity index (χ0) is 24.4. The van der Waals surface area contributed by atoms with Gasteiger partial charge in [0.1, 0.15) is 17.4 Å². The normalized spacial score (nSPS) is 13.5. The minimum Gasteiger partial charge on any atom is -0.494 e. The standard InChI is InChI=1S/C23H20N4O6S/c1-3-11-33-15-9-7-14(8-10-15)17-12-34-23(24-17)25-20(28)13(2)26-21(29)16-5-4-6-18(27(31)32)19(16)22(26)30/h4-10,12-13H,3,11H2,1-2H3,(H,24,25,28). The van der Waals surface area contributed by atoms with Gasteiger partial charge < -0.3 is 10.1 Å². The van der Waals surface area contributed by atoms with Gasteiger partial charge in [0.2, 0.25) is 5.91 Å². The first-order valence-corrected chi connectivity index (χ1v) is 11.3. The molecule has 0 saturated carbocycles. The van der Waals surface area contributed by atoms with E-state index in [-0.39, 0.29) is 11.1 Å². The Morgan fingerprint density at radius 3 is 2.62 bits per heavy atom. The van der Waals surface area contributed by atoms with Crippen LogP contribution in [0.1, 0.15) is 41.0 Å². The van der Waals surface area contributed by atoms with Crippen molar-refractivity contribution in [2.24, 2.45) is 0 Å². The Labute approximate surface area is 198 Å². The number of imide groups is 1. The Morgan fingerprint density at radius 2 is 1.94 bits per heavy atom. The van der Waals surface area contributed by atoms with Gasteiger partial charge in [0.25, 0.3) is 17.5 Å². The number of ether oxygens (including phenoxy) is 1. The van der Waals surface area contributed by atoms with E-state index in [9.17, 15) is 24.5 Å². The number of rotatable bonds is 8. The minimum absolute atomic E-state index is 0.0956. The molecule has 1 N–H and O–H groups in total. The Morgan fingerprint density at radius 1 is 1.21 bits per heavy atom. The van der Waals surface area contributed by atoms with Crippen LogP contribution in [0.2, 0.25) is 0 Å². The van der Waals surface area contributed by atoms with Crippen LogP contribution in [0.15, 0.2) is 47.8 Å². The third-order valence-corrected chi connectivity index (χ3v) is 6.00. The van der Waals surface area contributed by atoms with Crippen molar-refractivity contribution in [3.8, 4) is 17.0 Å². The maximum atomic E-state index is 12.8. The predicted molar refractivity (Wildman–Crippen MR) is 125 cm³/mol. The molecule has 34 heavy (non-hydrogen) atoms. The second-order valence-electron chi connectivity index (χ2n) is 7.51. The van der Waals surface area contributed by atoms with Crippen LogP contribution in [0, 0.1) is 10.1 Å². The number of hydrogen-bond acceptors (Lipinski definition) is 8. The predicted octanol–water partition coefficient (Wildman–Crippen LogP) is 4.13. The lowest BCUT2D eigenvalue weighted by Crippen LogP contribution is -2.45. The molecule has 174 valence electrons. The molecule has 0 radical (unpaired) electrons. The van der Waals surface area contributed by atoms with Gasteiger partial charge >= 0.3 is 0 Å². The maximum absolute atomic E-state index is 12.8. The highest BCUT2D eigenvalue weighted by Gasteiger charge is 2.44. The topological polar surface area (TPSA) is 132 Å². The number of thiazole rings is 1. The number of aromatic nitrogens is 1. The summed E-state index contributed by atoms with van der Waals surface area (Å²) in [5.74, 6) is -1.51. The lowest BCUT2D eigenvalue weighted by Gasteiger charge is -2.20. The molecule has 3 aromatic rings. The number of nitro benzene ring substituents is 1. The number of nitrogens with one attached hydrogen (secondary N) is 1. The van der Waals surface area contributed by atoms with Crippen molar-refractivity contribution in [1.82, 2.24) is 9.88 Å². The smallest absolute Gasteiger partial charge is 0.282 e. The zero-order valence-corrected chi connectivity index (χ0v) is 19.1. The van der Waals surface area contributed by atoms with Crippen molar-refractivity contribution in [3.63, 3.8) is 0 Å². The highest BCUT2D eigenvalue weighted by Crippen LogP contribution is 2.32. The molecule has 4 rings (SSSR count). The van der Waals surface area contributed by atoms with Gasteiger partial charge in [0.05, 0.1) is 22.8 Å². The SMILES string of the molecule is CCCOc1ccc(-c2csc(NC(=O)C(C)N3C(=O)c4cccc([N+](=O)[O-])c4C3=O)n2)cc1. The number of benzene rings is 2. The fourth-order valence-electron chi connectivity index (χ4n) is 3.52. The third kappa shape index (κ3) is 4.25. The molecule has 1 atom stereocenters. The van der Waals surface area contributed by atoms with Crippen molar-refractivity contribution in [2.45, 2.75) is 26.3 Å². The molecular weight excluding hydrogens is 460 g/mol. The fraction of sp³-hybridized carbons (Fsp3) is 0.217. The zero-order valence-electron chi connectivity index (χ0n) is 18.3. The van der Waals surface area contributed by atoms with E-state index >= 15 is 0 Å². The Kier molecular flexibility index (Phi) is 6.37. The summed E-state index contributed by atoms with van der Waals surface area (Å²) in [7, 11) is 0. The number of hydrogen-bond donors (Lipinski definition) is 1. The van der Waals surface area contributed by atoms with E-state index in [1.165, 1.54) is 30.4 Å². The van der Waals surface area contributed by atoms with Crippen LogP contribution in [0.25, 0.3) is 11.3 Å². The highest BCUT2D eigenvalue weighted by atomic mass is 32.1. The van der Waals surface area contributed by atoms with Gasteiger partial charge in [-0.05, 0) is 43.7 Å². The van der Waals surface area contributed by atoms with E-state index in [1.807, 2.05) is 31.2 Å². The van der Waals surface area contributed by atoms with E-state index in [4.69, 9.17) is 4.74 Å². The molecule has 1 aromatic heterocycles. The van der Waals surface area contributed by atoms with E-state index in [2.05, 4.69) is 10.3 Å². The first-order chi connectivity index (χ1) is 16.3. The number of carbonyl (C=O) groups is 3. The molecule has 3 amide bonds. The summed E-state index contributed by atoms with van der Waals surface area (Å²) in [6, 6.07) is 10.0. The molecule has 0 fully saturated rings. The molecule has 0 saturated heterocycles. The summed E-state index contributed by atoms with van der Waals surface area (Å²) in [6.07, 6.45) is 0.910. The molecule has 2 heterocycles. The van der Waals surface area contributed by atoms with E-state index in [0.29, 0.717) is 17.4 Å². The summed E-state index contributed by atoms with van der Waals surface area (Å²) in [5, 5.41) is 16.0. The molecule has 1 aliphatic heterocycles. The van der Waals surface area contributed by atoms with Crippen LogP contribution >= 0.6 is 11.3 Å². The van der Waals surface area contributed by atoms with Gasteiger partial charge in [-0.1, -0.05) is 13.0 Å². The van der Waals surface area contributed by atoms with Crippen LogP contribution in [-0.4, -0.2) is 45.2 Å². The average molecular weight is 481 g/mol. The van der Waals surface area contributed by atoms with Gasteiger partial charge in [-0.2, -0.15) is 0 Å². The molecule has 1 aliphatic rings. The van der Waals surface area contributed by atoms with Crippen molar-refractivity contribution in [3.05, 3.63) is 69.1 Å². The minimum atomic E-state index is -1.20. The van der Waals surface area contributed by atoms with Gasteiger partial charge in [-0.25, -0.2) is 4.98 Å². The van der Waals surface area contributed by atoms with Crippen LogP contribution < -0.4 is 10.1 Å². The van der Waals surface area contributed by atoms with E-state index in [0.717, 1.165) is 28.7 Å². The first-order valence-electron chi connectivity index (χ1n) is 10.5. The molecule has 0 spiro atoms. The van der Waals surface area contributed by atoms with Crippen LogP contribution in [0.3, 0.4) is 0 Å². The maximum Gasteiger partial charge on any atom is 0.282 e. The summed E-state index contributed by atoms with van der Waals surface area (Å²) >= 11 is 1.19. The summed E-state index contributed by atoms with van der Waals surface area (Å²) in [5.41, 5.74) is 0.607. The van der Waals surface area contributed by atoms with Gasteiger partial charge in [-0.15, -0.1) is 11.3 Å². The lowest BCUT2D eigenvalue weighted by molar-refractivity contribution is -0.385. The van der Waals surface area contributed by atoms with Crippen molar-refractivity contribution >= 4 is 39.9 Å². The molecular formula is C23H20N4O6S. The quantitative estimate of drug-likeness (QED) is 0.291. The summed E-state index contributed by atoms with van der Waals surface area (Å²) in [6.45, 7) is 4.04. The van der Waals surface area contributed by atoms with Crippen molar-refractivity contribution in [1.29, 1.82) is 0 Å². The highest BCUT2D eigenvalue weighted by molar-refractivity contribution is 7.14. The summed E-state index contributed by atoms with van der Waals surface area (Å²) < 4.78 is 5.57. The Balaban J connectivity index is 1.47. The number of fused-ring (bicyclic) bond motifs is 1. The number of carbonyl (C=O) groups excluding carboxylic acids is 3. The molecule has 1 unspecified atom stereocenters. The van der Waals surface area contributed by atoms with Crippen LogP contribution in [-0.2, 0) is 4.79 Å². The van der Waals surface area contributed by atoms with Gasteiger partial charge in [0.15, 0.2) is 5.13 Å². The van der Waals surface area contributed by atoms with Gasteiger partial charge in [-0.3, -0.25) is 29.4 Å². The number of nitrogens with zero attached hydrogens (tertiary/aromatic N) is 3. The van der Waals surface area contributed by atoms with E-state index < -0.39 is 34.4 Å². The number of amides is 3. The third-order valence-electron chi connectivity index (χ3n) is 5.25. The van der Waals surface area contributed by atoms with Gasteiger partial charge in [0, 0.05) is 17.0 Å². The second-order valence-corrected chi connectivity index (χ2v) is 8.37. The number of nitro groups is 1. The molecule has 2 aromatic carbocycles. The van der Waals surface area contributed by atoms with Crippen LogP contribution in [0.5, 0.6) is 5.75 Å². The molecule has 10 nitrogen and oxygen atoms in total. The molecule has 11 heteroatoms. The van der Waals surface area contributed by atoms with Crippen molar-refractivity contribution < 1.29 is 24.0 Å². The summed E-state index contributed by atoms with van der Waals surface area (Å²) in [4.78, 5) is 54.1.